The Morgan fingerprint density at radius 3 is 2.53 bits per heavy atom. The van der Waals surface area contributed by atoms with E-state index < -0.39 is 17.7 Å². The topological polar surface area (TPSA) is 127 Å². The van der Waals surface area contributed by atoms with Crippen LogP contribution in [-0.4, -0.2) is 56.9 Å². The number of carbonyl (C=O) groups excluding carboxylic acids is 3. The zero-order chi connectivity index (χ0) is 26.5. The first-order valence-corrected chi connectivity index (χ1v) is 11.7. The quantitative estimate of drug-likeness (QED) is 0.164. The van der Waals surface area contributed by atoms with Crippen LogP contribution in [0.4, 0.5) is 5.69 Å². The first-order valence-electron chi connectivity index (χ1n) is 11.0. The van der Waals surface area contributed by atoms with Gasteiger partial charge in [0.2, 0.25) is 0 Å². The van der Waals surface area contributed by atoms with Gasteiger partial charge in [-0.15, -0.1) is 0 Å². The lowest BCUT2D eigenvalue weighted by atomic mass is 10.2. The summed E-state index contributed by atoms with van der Waals surface area (Å²) in [6.45, 7) is 4.34. The fourth-order valence-corrected chi connectivity index (χ4v) is 3.15. The summed E-state index contributed by atoms with van der Waals surface area (Å²) in [5, 5.41) is 9.65. The molecule has 194 valence electrons. The summed E-state index contributed by atoms with van der Waals surface area (Å²) in [4.78, 5) is 35.8. The highest BCUT2D eigenvalue weighted by molar-refractivity contribution is 6.36. The Morgan fingerprint density at radius 2 is 1.83 bits per heavy atom. The van der Waals surface area contributed by atoms with Crippen LogP contribution in [0.15, 0.2) is 41.5 Å². The molecule has 0 spiro atoms. The maximum atomic E-state index is 12.2. The number of carbonyl (C=O) groups is 3. The van der Waals surface area contributed by atoms with Gasteiger partial charge in [-0.25, -0.2) is 5.43 Å². The van der Waals surface area contributed by atoms with Crippen LogP contribution in [0.2, 0.25) is 10.0 Å². The van der Waals surface area contributed by atoms with E-state index in [1.807, 2.05) is 13.8 Å². The maximum absolute atomic E-state index is 12.2. The molecular formula is C24H28Cl2N4O6. The van der Waals surface area contributed by atoms with E-state index >= 15 is 0 Å². The van der Waals surface area contributed by atoms with Crippen LogP contribution in [0.5, 0.6) is 11.5 Å². The van der Waals surface area contributed by atoms with Crippen molar-refractivity contribution in [2.75, 3.05) is 32.2 Å². The molecule has 3 amide bonds. The summed E-state index contributed by atoms with van der Waals surface area (Å²) >= 11 is 11.9. The van der Waals surface area contributed by atoms with Gasteiger partial charge in [0.25, 0.3) is 5.91 Å². The van der Waals surface area contributed by atoms with Gasteiger partial charge in [0.15, 0.2) is 18.1 Å². The molecule has 36 heavy (non-hydrogen) atoms. The zero-order valence-corrected chi connectivity index (χ0v) is 21.6. The smallest absolute Gasteiger partial charge is 0.329 e. The van der Waals surface area contributed by atoms with Crippen LogP contribution >= 0.6 is 23.2 Å². The van der Waals surface area contributed by atoms with Crippen molar-refractivity contribution in [3.63, 3.8) is 0 Å². The minimum Gasteiger partial charge on any atom is -0.493 e. The third-order valence-electron chi connectivity index (χ3n) is 4.40. The first-order chi connectivity index (χ1) is 17.2. The fourth-order valence-electron chi connectivity index (χ4n) is 2.69. The molecule has 2 aromatic rings. The lowest BCUT2D eigenvalue weighted by Crippen LogP contribution is -2.38. The van der Waals surface area contributed by atoms with Crippen LogP contribution in [0.3, 0.4) is 0 Å². The Hall–Kier alpha value is -3.34. The highest BCUT2D eigenvalue weighted by atomic mass is 35.5. The third kappa shape index (κ3) is 10.1. The molecule has 0 aliphatic rings. The monoisotopic (exact) mass is 538 g/mol. The van der Waals surface area contributed by atoms with E-state index in [9.17, 15) is 14.4 Å². The first kappa shape index (κ1) is 28.9. The summed E-state index contributed by atoms with van der Waals surface area (Å²) < 4.78 is 16.2. The number of halogens is 2. The molecule has 2 rings (SSSR count). The Morgan fingerprint density at radius 1 is 1.06 bits per heavy atom. The molecule has 10 nitrogen and oxygen atoms in total. The predicted octanol–water partition coefficient (Wildman–Crippen LogP) is 3.40. The van der Waals surface area contributed by atoms with E-state index in [0.717, 1.165) is 0 Å². The number of hydrogen-bond acceptors (Lipinski definition) is 7. The van der Waals surface area contributed by atoms with E-state index in [1.54, 1.807) is 30.3 Å². The lowest BCUT2D eigenvalue weighted by Gasteiger charge is -2.12. The van der Waals surface area contributed by atoms with Crippen LogP contribution in [-0.2, 0) is 19.1 Å². The molecule has 0 aliphatic heterocycles. The number of anilines is 1. The SMILES string of the molecule is COc1cc(/C=N\NC(=O)C(=O)NCCCOC(C)C)ccc1OCC(=O)Nc1ccc(Cl)cc1Cl. The Balaban J connectivity index is 1.83. The van der Waals surface area contributed by atoms with Gasteiger partial charge in [-0.05, 0) is 62.2 Å². The standard InChI is InChI=1S/C24H28Cl2N4O6/c1-15(2)35-10-4-9-27-23(32)24(33)30-28-13-16-5-8-20(21(11-16)34-3)36-14-22(31)29-19-7-6-17(25)12-18(19)26/h5-8,11-13,15H,4,9-10,14H2,1-3H3,(H,27,32)(H,29,31)(H,30,33)/b28-13-. The van der Waals surface area contributed by atoms with E-state index in [2.05, 4.69) is 21.2 Å². The van der Waals surface area contributed by atoms with Gasteiger partial charge < -0.3 is 24.8 Å². The van der Waals surface area contributed by atoms with E-state index in [-0.39, 0.29) is 12.7 Å². The minimum absolute atomic E-state index is 0.108. The second kappa shape index (κ2) is 14.9. The summed E-state index contributed by atoms with van der Waals surface area (Å²) in [5.74, 6) is -1.47. The van der Waals surface area contributed by atoms with Gasteiger partial charge in [-0.3, -0.25) is 14.4 Å². The predicted molar refractivity (Wildman–Crippen MR) is 138 cm³/mol. The molecule has 0 unspecified atom stereocenters. The van der Waals surface area contributed by atoms with Crippen LogP contribution in [0, 0.1) is 0 Å². The Bertz CT molecular complexity index is 1090. The molecule has 2 aromatic carbocycles. The number of methoxy groups -OCH3 is 1. The summed E-state index contributed by atoms with van der Waals surface area (Å²) in [5.41, 5.74) is 3.12. The second-order valence-corrected chi connectivity index (χ2v) is 8.44. The number of amides is 3. The van der Waals surface area contributed by atoms with Crippen molar-refractivity contribution in [3.05, 3.63) is 52.0 Å². The Kier molecular flexibility index (Phi) is 12.0. The van der Waals surface area contributed by atoms with E-state index in [0.29, 0.717) is 52.4 Å². The minimum atomic E-state index is -0.894. The fraction of sp³-hybridized carbons (Fsp3) is 0.333. The van der Waals surface area contributed by atoms with Crippen molar-refractivity contribution in [2.24, 2.45) is 5.10 Å². The largest absolute Gasteiger partial charge is 0.493 e. The molecule has 0 radical (unpaired) electrons. The summed E-state index contributed by atoms with van der Waals surface area (Å²) in [7, 11) is 1.44. The highest BCUT2D eigenvalue weighted by Gasteiger charge is 2.12. The van der Waals surface area contributed by atoms with Crippen molar-refractivity contribution in [1.29, 1.82) is 0 Å². The molecule has 0 bridgehead atoms. The van der Waals surface area contributed by atoms with Gasteiger partial charge in [0, 0.05) is 18.2 Å². The molecule has 12 heteroatoms. The number of benzene rings is 2. The van der Waals surface area contributed by atoms with E-state index in [4.69, 9.17) is 37.4 Å². The Labute approximate surface area is 219 Å². The van der Waals surface area contributed by atoms with Gasteiger partial charge >= 0.3 is 11.8 Å². The number of hydrazone groups is 1. The molecule has 0 aromatic heterocycles. The zero-order valence-electron chi connectivity index (χ0n) is 20.1. The highest BCUT2D eigenvalue weighted by Crippen LogP contribution is 2.28. The van der Waals surface area contributed by atoms with Gasteiger partial charge in [0.1, 0.15) is 0 Å². The van der Waals surface area contributed by atoms with Crippen molar-refractivity contribution < 1.29 is 28.6 Å². The molecule has 0 atom stereocenters. The molecule has 0 aliphatic carbocycles. The molecule has 0 fully saturated rings. The van der Waals surface area contributed by atoms with Gasteiger partial charge in [0.05, 0.1) is 30.1 Å². The lowest BCUT2D eigenvalue weighted by molar-refractivity contribution is -0.139. The normalized spacial score (nSPS) is 10.8. The molecular weight excluding hydrogens is 511 g/mol. The average molecular weight is 539 g/mol. The summed E-state index contributed by atoms with van der Waals surface area (Å²) in [6, 6.07) is 9.51. The van der Waals surface area contributed by atoms with Gasteiger partial charge in [-0.1, -0.05) is 23.2 Å². The van der Waals surface area contributed by atoms with Crippen molar-refractivity contribution in [2.45, 2.75) is 26.4 Å². The molecule has 3 N–H and O–H groups in total. The number of nitrogens with one attached hydrogen (secondary N) is 3. The number of nitrogens with zero attached hydrogens (tertiary/aromatic N) is 1. The number of ether oxygens (including phenoxy) is 3. The third-order valence-corrected chi connectivity index (χ3v) is 4.94. The van der Waals surface area contributed by atoms with Crippen molar-refractivity contribution in [3.8, 4) is 11.5 Å². The summed E-state index contributed by atoms with van der Waals surface area (Å²) in [6.07, 6.45) is 2.03. The van der Waals surface area contributed by atoms with Gasteiger partial charge in [-0.2, -0.15) is 5.10 Å². The number of hydrogen-bond donors (Lipinski definition) is 3. The second-order valence-electron chi connectivity index (χ2n) is 7.60. The van der Waals surface area contributed by atoms with E-state index in [1.165, 1.54) is 19.4 Å². The van der Waals surface area contributed by atoms with Crippen LogP contribution in [0.1, 0.15) is 25.8 Å². The van der Waals surface area contributed by atoms with Crippen LogP contribution in [0.25, 0.3) is 0 Å². The molecule has 0 heterocycles. The molecule has 0 saturated carbocycles. The van der Waals surface area contributed by atoms with Crippen molar-refractivity contribution in [1.82, 2.24) is 10.7 Å². The van der Waals surface area contributed by atoms with Crippen LogP contribution < -0.4 is 25.5 Å². The average Bonchev–Trinajstić information content (AvgIpc) is 2.84. The number of rotatable bonds is 12. The maximum Gasteiger partial charge on any atom is 0.329 e. The van der Waals surface area contributed by atoms with Crippen molar-refractivity contribution >= 4 is 52.8 Å². The molecule has 0 saturated heterocycles.